The maximum Gasteiger partial charge on any atom is 0.410 e. The van der Waals surface area contributed by atoms with E-state index < -0.39 is 5.60 Å². The third kappa shape index (κ3) is 6.65. The van der Waals surface area contributed by atoms with E-state index >= 15 is 0 Å². The highest BCUT2D eigenvalue weighted by atomic mass is 35.5. The zero-order valence-corrected chi connectivity index (χ0v) is 20.0. The van der Waals surface area contributed by atoms with E-state index in [0.29, 0.717) is 29.8 Å². The topological polar surface area (TPSA) is 66.5 Å². The molecule has 2 N–H and O–H groups in total. The Kier molecular flexibility index (Phi) is 7.55. The van der Waals surface area contributed by atoms with Gasteiger partial charge in [-0.25, -0.2) is 9.78 Å². The molecule has 0 atom stereocenters. The van der Waals surface area contributed by atoms with Crippen LogP contribution in [0, 0.1) is 6.92 Å². The molecule has 1 aromatic carbocycles. The minimum atomic E-state index is -0.484. The Morgan fingerprint density at radius 1 is 1.26 bits per heavy atom. The third-order valence-electron chi connectivity index (χ3n) is 5.14. The van der Waals surface area contributed by atoms with Crippen molar-refractivity contribution in [3.63, 3.8) is 0 Å². The molecule has 3 rings (SSSR count). The van der Waals surface area contributed by atoms with Crippen molar-refractivity contribution < 1.29 is 9.53 Å². The number of para-hydroxylation sites is 1. The highest BCUT2D eigenvalue weighted by Crippen LogP contribution is 2.28. The second kappa shape index (κ2) is 9.96. The van der Waals surface area contributed by atoms with Gasteiger partial charge in [0.1, 0.15) is 10.8 Å². The van der Waals surface area contributed by atoms with Crippen molar-refractivity contribution in [1.29, 1.82) is 0 Å². The Morgan fingerprint density at radius 2 is 1.97 bits per heavy atom. The number of nitrogens with one attached hydrogen (secondary N) is 2. The summed E-state index contributed by atoms with van der Waals surface area (Å²) in [5.41, 5.74) is 3.45. The summed E-state index contributed by atoms with van der Waals surface area (Å²) in [4.78, 5) is 18.3. The number of rotatable bonds is 5. The molecule has 1 fully saturated rings. The van der Waals surface area contributed by atoms with Gasteiger partial charge in [-0.15, -0.1) is 0 Å². The van der Waals surface area contributed by atoms with Gasteiger partial charge < -0.3 is 20.3 Å². The van der Waals surface area contributed by atoms with E-state index in [2.05, 4.69) is 15.6 Å². The van der Waals surface area contributed by atoms with E-state index in [1.807, 2.05) is 52.0 Å². The van der Waals surface area contributed by atoms with E-state index in [1.54, 1.807) is 11.1 Å². The number of amides is 1. The first-order chi connectivity index (χ1) is 14.6. The molecule has 0 unspecified atom stereocenters. The van der Waals surface area contributed by atoms with E-state index in [1.165, 1.54) is 0 Å². The molecule has 2 heterocycles. The molecular weight excluding hydrogens is 435 g/mol. The van der Waals surface area contributed by atoms with Crippen molar-refractivity contribution in [2.45, 2.75) is 58.7 Å². The van der Waals surface area contributed by atoms with E-state index in [0.717, 1.165) is 35.3 Å². The summed E-state index contributed by atoms with van der Waals surface area (Å²) in [6.45, 7) is 9.53. The minimum Gasteiger partial charge on any atom is -0.444 e. The molecule has 1 aromatic heterocycles. The van der Waals surface area contributed by atoms with Crippen LogP contribution in [0.3, 0.4) is 0 Å². The molecule has 168 valence electrons. The first-order valence-electron chi connectivity index (χ1n) is 10.5. The molecule has 0 saturated carbocycles. The Balaban J connectivity index is 1.62. The molecule has 0 radical (unpaired) electrons. The molecule has 0 spiro atoms. The minimum absolute atomic E-state index is 0.234. The average Bonchev–Trinajstić information content (AvgIpc) is 2.68. The number of nitrogens with zero attached hydrogens (tertiary/aromatic N) is 2. The van der Waals surface area contributed by atoms with Gasteiger partial charge in [0.05, 0.1) is 10.7 Å². The molecule has 1 aliphatic heterocycles. The normalized spacial score (nSPS) is 15.0. The van der Waals surface area contributed by atoms with Crippen LogP contribution in [-0.4, -0.2) is 40.7 Å². The zero-order valence-electron chi connectivity index (χ0n) is 18.5. The lowest BCUT2D eigenvalue weighted by Gasteiger charge is -2.34. The number of halogens is 2. The lowest BCUT2D eigenvalue weighted by atomic mass is 10.0. The first kappa shape index (κ1) is 23.5. The molecular formula is C23H30Cl2N4O2. The van der Waals surface area contributed by atoms with Crippen molar-refractivity contribution in [2.75, 3.05) is 23.7 Å². The van der Waals surface area contributed by atoms with Gasteiger partial charge in [0.25, 0.3) is 0 Å². The summed E-state index contributed by atoms with van der Waals surface area (Å²) in [7, 11) is 0. The van der Waals surface area contributed by atoms with Crippen LogP contribution in [0.1, 0.15) is 44.7 Å². The lowest BCUT2D eigenvalue weighted by Crippen LogP contribution is -2.44. The fourth-order valence-electron chi connectivity index (χ4n) is 3.53. The number of anilines is 2. The summed E-state index contributed by atoms with van der Waals surface area (Å²) in [6.07, 6.45) is 3.18. The summed E-state index contributed by atoms with van der Waals surface area (Å²) < 4.78 is 5.48. The molecule has 8 heteroatoms. The van der Waals surface area contributed by atoms with Crippen molar-refractivity contribution >= 4 is 40.7 Å². The van der Waals surface area contributed by atoms with Gasteiger partial charge in [-0.3, -0.25) is 0 Å². The van der Waals surface area contributed by atoms with E-state index in [4.69, 9.17) is 27.9 Å². The summed E-state index contributed by atoms with van der Waals surface area (Å²) in [5.74, 6) is 0. The SMILES string of the molecule is Cc1cccc(Cl)c1NCc1cnc(Cl)cc1NC1CCN(C(=O)OC(C)(C)C)CC1. The molecule has 2 aromatic rings. The molecule has 1 aliphatic rings. The predicted molar refractivity (Wildman–Crippen MR) is 127 cm³/mol. The number of benzene rings is 1. The smallest absolute Gasteiger partial charge is 0.410 e. The Bertz CT molecular complexity index is 902. The Labute approximate surface area is 194 Å². The van der Waals surface area contributed by atoms with Crippen LogP contribution >= 0.6 is 23.2 Å². The van der Waals surface area contributed by atoms with Crippen molar-refractivity contribution in [2.24, 2.45) is 0 Å². The summed E-state index contributed by atoms with van der Waals surface area (Å²) in [5, 5.41) is 8.12. The molecule has 31 heavy (non-hydrogen) atoms. The molecule has 1 amide bonds. The Morgan fingerprint density at radius 3 is 2.61 bits per heavy atom. The van der Waals surface area contributed by atoms with Gasteiger partial charge >= 0.3 is 6.09 Å². The monoisotopic (exact) mass is 464 g/mol. The second-order valence-corrected chi connectivity index (χ2v) is 9.63. The summed E-state index contributed by atoms with van der Waals surface area (Å²) in [6, 6.07) is 7.90. The number of piperidine rings is 1. The van der Waals surface area contributed by atoms with Crippen LogP contribution < -0.4 is 10.6 Å². The standard InChI is InChI=1S/C23H30Cl2N4O2/c1-15-6-5-7-18(24)21(15)27-14-16-13-26-20(25)12-19(16)28-17-8-10-29(11-9-17)22(30)31-23(2,3)4/h5-7,12-13,17,27H,8-11,14H2,1-4H3,(H,26,28). The van der Waals surface area contributed by atoms with Gasteiger partial charge in [-0.2, -0.15) is 0 Å². The summed E-state index contributed by atoms with van der Waals surface area (Å²) >= 11 is 12.5. The molecule has 6 nitrogen and oxygen atoms in total. The second-order valence-electron chi connectivity index (χ2n) is 8.84. The quantitative estimate of drug-likeness (QED) is 0.521. The number of aromatic nitrogens is 1. The number of ether oxygens (including phenoxy) is 1. The Hall–Kier alpha value is -2.18. The fourth-order valence-corrected chi connectivity index (χ4v) is 3.97. The number of pyridine rings is 1. The largest absolute Gasteiger partial charge is 0.444 e. The van der Waals surface area contributed by atoms with Gasteiger partial charge in [-0.05, 0) is 58.2 Å². The molecule has 1 saturated heterocycles. The highest BCUT2D eigenvalue weighted by molar-refractivity contribution is 6.33. The van der Waals surface area contributed by atoms with Gasteiger partial charge in [0.15, 0.2) is 0 Å². The number of hydrogen-bond donors (Lipinski definition) is 2. The van der Waals surface area contributed by atoms with Gasteiger partial charge in [0, 0.05) is 43.1 Å². The van der Waals surface area contributed by atoms with Crippen molar-refractivity contribution in [3.8, 4) is 0 Å². The predicted octanol–water partition coefficient (Wildman–Crippen LogP) is 6.12. The highest BCUT2D eigenvalue weighted by Gasteiger charge is 2.27. The number of carbonyl (C=O) groups is 1. The van der Waals surface area contributed by atoms with Crippen LogP contribution in [0.25, 0.3) is 0 Å². The number of carbonyl (C=O) groups excluding carboxylic acids is 1. The first-order valence-corrected chi connectivity index (χ1v) is 11.3. The fraction of sp³-hybridized carbons (Fsp3) is 0.478. The van der Waals surface area contributed by atoms with Crippen LogP contribution in [-0.2, 0) is 11.3 Å². The van der Waals surface area contributed by atoms with E-state index in [-0.39, 0.29) is 12.1 Å². The average molecular weight is 465 g/mol. The van der Waals surface area contributed by atoms with Gasteiger partial charge in [-0.1, -0.05) is 35.3 Å². The number of hydrogen-bond acceptors (Lipinski definition) is 5. The maximum absolute atomic E-state index is 12.3. The molecule has 0 bridgehead atoms. The van der Waals surface area contributed by atoms with Gasteiger partial charge in [0.2, 0.25) is 0 Å². The van der Waals surface area contributed by atoms with Crippen molar-refractivity contribution in [3.05, 3.63) is 51.8 Å². The van der Waals surface area contributed by atoms with E-state index in [9.17, 15) is 4.79 Å². The van der Waals surface area contributed by atoms with Crippen LogP contribution in [0.4, 0.5) is 16.2 Å². The third-order valence-corrected chi connectivity index (χ3v) is 5.66. The number of aryl methyl sites for hydroxylation is 1. The van der Waals surface area contributed by atoms with Crippen LogP contribution in [0.15, 0.2) is 30.5 Å². The zero-order chi connectivity index (χ0) is 22.6. The van der Waals surface area contributed by atoms with Crippen molar-refractivity contribution in [1.82, 2.24) is 9.88 Å². The number of likely N-dealkylation sites (tertiary alicyclic amines) is 1. The molecule has 0 aliphatic carbocycles. The maximum atomic E-state index is 12.3. The van der Waals surface area contributed by atoms with Crippen LogP contribution in [0.2, 0.25) is 10.2 Å². The lowest BCUT2D eigenvalue weighted by molar-refractivity contribution is 0.0210. The van der Waals surface area contributed by atoms with Crippen LogP contribution in [0.5, 0.6) is 0 Å².